The van der Waals surface area contributed by atoms with Crippen LogP contribution in [-0.2, 0) is 0 Å². The van der Waals surface area contributed by atoms with Crippen LogP contribution in [0.15, 0.2) is 41.9 Å². The van der Waals surface area contributed by atoms with Crippen molar-refractivity contribution < 1.29 is 4.79 Å². The van der Waals surface area contributed by atoms with Crippen LogP contribution in [0.25, 0.3) is 10.4 Å². The third-order valence-electron chi connectivity index (χ3n) is 2.03. The molecule has 0 spiro atoms. The second-order valence-electron chi connectivity index (χ2n) is 3.03. The fraction of sp³-hybridized carbons (Fsp3) is 0. The van der Waals surface area contributed by atoms with Crippen molar-refractivity contribution in [1.29, 1.82) is 0 Å². The summed E-state index contributed by atoms with van der Waals surface area (Å²) in [5.74, 6) is -0.148. The molecule has 0 aliphatic heterocycles. The molecule has 0 bridgehead atoms. The maximum absolute atomic E-state index is 11.8. The van der Waals surface area contributed by atoms with Crippen molar-refractivity contribution in [3.63, 3.8) is 0 Å². The van der Waals surface area contributed by atoms with Crippen molar-refractivity contribution in [2.24, 2.45) is 5.11 Å². The molecule has 1 N–H and O–H groups in total. The molecule has 1 heterocycles. The highest BCUT2D eigenvalue weighted by Crippen LogP contribution is 2.15. The van der Waals surface area contributed by atoms with Crippen molar-refractivity contribution in [3.05, 3.63) is 58.5 Å². The molecule has 0 saturated carbocycles. The van der Waals surface area contributed by atoms with Gasteiger partial charge in [0.15, 0.2) is 0 Å². The number of hydrogen-bond donors (Lipinski definition) is 1. The lowest BCUT2D eigenvalue weighted by Gasteiger charge is -1.98. The number of nitrogens with zero attached hydrogens (tertiary/aromatic N) is 4. The van der Waals surface area contributed by atoms with Gasteiger partial charge in [-0.25, -0.2) is 4.98 Å². The molecule has 0 aliphatic carbocycles. The molecule has 0 fully saturated rings. The fourth-order valence-electron chi connectivity index (χ4n) is 1.27. The van der Waals surface area contributed by atoms with E-state index in [0.29, 0.717) is 16.9 Å². The highest BCUT2D eigenvalue weighted by molar-refractivity contribution is 6.07. The molecular weight excluding hydrogens is 206 g/mol. The molecule has 2 rings (SSSR count). The van der Waals surface area contributed by atoms with Crippen molar-refractivity contribution in [1.82, 2.24) is 9.97 Å². The van der Waals surface area contributed by atoms with Gasteiger partial charge < -0.3 is 4.98 Å². The van der Waals surface area contributed by atoms with E-state index in [1.54, 1.807) is 24.3 Å². The van der Waals surface area contributed by atoms with Gasteiger partial charge in [-0.1, -0.05) is 29.4 Å². The number of ketones is 1. The lowest BCUT2D eigenvalue weighted by atomic mass is 10.1. The zero-order valence-electron chi connectivity index (χ0n) is 8.16. The summed E-state index contributed by atoms with van der Waals surface area (Å²) in [6, 6.07) is 6.38. The summed E-state index contributed by atoms with van der Waals surface area (Å²) in [5.41, 5.74) is 9.64. The van der Waals surface area contributed by atoms with Gasteiger partial charge >= 0.3 is 0 Å². The van der Waals surface area contributed by atoms with Gasteiger partial charge in [-0.15, -0.1) is 0 Å². The van der Waals surface area contributed by atoms with Crippen LogP contribution in [0.4, 0.5) is 5.69 Å². The first-order chi connectivity index (χ1) is 7.81. The van der Waals surface area contributed by atoms with E-state index in [4.69, 9.17) is 5.53 Å². The Kier molecular flexibility index (Phi) is 2.67. The minimum atomic E-state index is -0.148. The predicted octanol–water partition coefficient (Wildman–Crippen LogP) is 2.58. The van der Waals surface area contributed by atoms with Gasteiger partial charge in [-0.3, -0.25) is 4.79 Å². The Hall–Kier alpha value is -2.59. The topological polar surface area (TPSA) is 94.5 Å². The van der Waals surface area contributed by atoms with Crippen LogP contribution in [0.1, 0.15) is 16.1 Å². The smallest absolute Gasteiger partial charge is 0.210 e. The number of nitrogens with one attached hydrogen (secondary N) is 1. The van der Waals surface area contributed by atoms with Gasteiger partial charge in [0, 0.05) is 16.2 Å². The molecule has 0 atom stereocenters. The Labute approximate surface area is 90.6 Å². The van der Waals surface area contributed by atoms with Crippen LogP contribution in [0.3, 0.4) is 0 Å². The molecule has 0 radical (unpaired) electrons. The van der Waals surface area contributed by atoms with Gasteiger partial charge in [0.05, 0.1) is 12.5 Å². The summed E-state index contributed by atoms with van der Waals surface area (Å²) >= 11 is 0. The lowest BCUT2D eigenvalue weighted by molar-refractivity contribution is 0.103. The van der Waals surface area contributed by atoms with Crippen LogP contribution in [0.5, 0.6) is 0 Å². The van der Waals surface area contributed by atoms with E-state index >= 15 is 0 Å². The highest BCUT2D eigenvalue weighted by atomic mass is 16.1. The molecule has 0 aliphatic rings. The number of aromatic amines is 1. The number of H-pyrrole nitrogens is 1. The molecule has 16 heavy (non-hydrogen) atoms. The van der Waals surface area contributed by atoms with Gasteiger partial charge in [0.25, 0.3) is 0 Å². The third kappa shape index (κ3) is 1.92. The number of aromatic nitrogens is 2. The van der Waals surface area contributed by atoms with E-state index in [1.165, 1.54) is 12.5 Å². The van der Waals surface area contributed by atoms with Crippen LogP contribution in [0.2, 0.25) is 0 Å². The quantitative estimate of drug-likeness (QED) is 0.367. The van der Waals surface area contributed by atoms with E-state index in [9.17, 15) is 4.79 Å². The van der Waals surface area contributed by atoms with E-state index in [2.05, 4.69) is 20.0 Å². The van der Waals surface area contributed by atoms with E-state index in [0.717, 1.165) is 0 Å². The minimum absolute atomic E-state index is 0.148. The van der Waals surface area contributed by atoms with Crippen molar-refractivity contribution >= 4 is 11.5 Å². The second-order valence-corrected chi connectivity index (χ2v) is 3.03. The third-order valence-corrected chi connectivity index (χ3v) is 2.03. The second kappa shape index (κ2) is 4.29. The van der Waals surface area contributed by atoms with Crippen molar-refractivity contribution in [2.75, 3.05) is 0 Å². The van der Waals surface area contributed by atoms with Crippen LogP contribution in [-0.4, -0.2) is 15.8 Å². The number of carbonyl (C=O) groups excluding carboxylic acids is 1. The van der Waals surface area contributed by atoms with Gasteiger partial charge in [-0.2, -0.15) is 0 Å². The predicted molar refractivity (Wildman–Crippen MR) is 57.3 cm³/mol. The summed E-state index contributed by atoms with van der Waals surface area (Å²) in [4.78, 5) is 21.0. The minimum Gasteiger partial charge on any atom is -0.342 e. The van der Waals surface area contributed by atoms with E-state index in [-0.39, 0.29) is 5.78 Å². The number of imidazole rings is 1. The Morgan fingerprint density at radius 3 is 2.69 bits per heavy atom. The summed E-state index contributed by atoms with van der Waals surface area (Å²) in [7, 11) is 0. The molecule has 6 nitrogen and oxygen atoms in total. The fourth-order valence-corrected chi connectivity index (χ4v) is 1.27. The summed E-state index contributed by atoms with van der Waals surface area (Å²) in [5, 5.41) is 3.42. The standard InChI is InChI=1S/C10H7N5O/c11-15-14-8-3-1-7(2-4-8)10(16)9-5-12-6-13-9/h1-6H,(H,12,13). The number of hydrogen-bond acceptors (Lipinski definition) is 3. The maximum Gasteiger partial charge on any atom is 0.210 e. The lowest BCUT2D eigenvalue weighted by Crippen LogP contribution is -2.00. The molecule has 1 aromatic carbocycles. The van der Waals surface area contributed by atoms with Crippen LogP contribution < -0.4 is 0 Å². The number of carbonyl (C=O) groups is 1. The van der Waals surface area contributed by atoms with E-state index in [1.807, 2.05) is 0 Å². The summed E-state index contributed by atoms with van der Waals surface area (Å²) in [6.07, 6.45) is 2.91. The Bertz CT molecular complexity index is 537. The molecule has 0 unspecified atom stereocenters. The van der Waals surface area contributed by atoms with Gasteiger partial charge in [0.2, 0.25) is 5.78 Å². The molecule has 0 saturated heterocycles. The summed E-state index contributed by atoms with van der Waals surface area (Å²) in [6.45, 7) is 0. The molecule has 78 valence electrons. The normalized spacial score (nSPS) is 9.50. The first kappa shape index (κ1) is 9.95. The van der Waals surface area contributed by atoms with E-state index < -0.39 is 0 Å². The molecule has 0 amide bonds. The average Bonchev–Trinajstić information content (AvgIpc) is 2.83. The SMILES string of the molecule is [N-]=[N+]=Nc1ccc(C(=O)c2cnc[nH]2)cc1. The highest BCUT2D eigenvalue weighted by Gasteiger charge is 2.09. The van der Waals surface area contributed by atoms with Crippen LogP contribution in [0, 0.1) is 0 Å². The number of azide groups is 1. The largest absolute Gasteiger partial charge is 0.342 e. The van der Waals surface area contributed by atoms with Crippen LogP contribution >= 0.6 is 0 Å². The molecule has 2 aromatic rings. The number of rotatable bonds is 3. The first-order valence-corrected chi connectivity index (χ1v) is 4.49. The zero-order valence-corrected chi connectivity index (χ0v) is 8.16. The number of benzene rings is 1. The Morgan fingerprint density at radius 2 is 2.12 bits per heavy atom. The molecular formula is C10H7N5O. The summed E-state index contributed by atoms with van der Waals surface area (Å²) < 4.78 is 0. The zero-order chi connectivity index (χ0) is 11.4. The maximum atomic E-state index is 11.8. The molecule has 1 aromatic heterocycles. The van der Waals surface area contributed by atoms with Gasteiger partial charge in [-0.05, 0) is 5.53 Å². The average molecular weight is 213 g/mol. The molecule has 6 heteroatoms. The van der Waals surface area contributed by atoms with Crippen molar-refractivity contribution in [3.8, 4) is 0 Å². The monoisotopic (exact) mass is 213 g/mol. The Morgan fingerprint density at radius 1 is 1.38 bits per heavy atom. The first-order valence-electron chi connectivity index (χ1n) is 4.49. The Balaban J connectivity index is 2.28. The van der Waals surface area contributed by atoms with Crippen molar-refractivity contribution in [2.45, 2.75) is 0 Å². The van der Waals surface area contributed by atoms with Gasteiger partial charge in [0.1, 0.15) is 5.69 Å².